The van der Waals surface area contributed by atoms with Gasteiger partial charge >= 0.3 is 0 Å². The maximum atomic E-state index is 12.3. The molecule has 0 aliphatic carbocycles. The number of benzene rings is 2. The van der Waals surface area contributed by atoms with E-state index in [2.05, 4.69) is 0 Å². The minimum atomic E-state index is -0.637. The SMILES string of the molecule is COc1ccccc1C(=O)/C=C/c1ccc(/C=C/C(=O)NO)cc1Cl. The van der Waals surface area contributed by atoms with Crippen molar-refractivity contribution < 1.29 is 19.5 Å². The van der Waals surface area contributed by atoms with Crippen LogP contribution >= 0.6 is 11.6 Å². The predicted molar refractivity (Wildman–Crippen MR) is 96.8 cm³/mol. The van der Waals surface area contributed by atoms with Gasteiger partial charge in [-0.3, -0.25) is 14.8 Å². The van der Waals surface area contributed by atoms with Gasteiger partial charge in [0.05, 0.1) is 12.7 Å². The van der Waals surface area contributed by atoms with E-state index in [-0.39, 0.29) is 5.78 Å². The van der Waals surface area contributed by atoms with Gasteiger partial charge in [0.2, 0.25) is 0 Å². The fraction of sp³-hybridized carbons (Fsp3) is 0.0526. The number of carbonyl (C=O) groups is 2. The van der Waals surface area contributed by atoms with E-state index in [1.54, 1.807) is 48.5 Å². The van der Waals surface area contributed by atoms with Gasteiger partial charge in [0, 0.05) is 11.1 Å². The second kappa shape index (κ2) is 8.82. The number of ether oxygens (including phenoxy) is 1. The fourth-order valence-electron chi connectivity index (χ4n) is 2.09. The van der Waals surface area contributed by atoms with Gasteiger partial charge in [-0.2, -0.15) is 0 Å². The zero-order valence-corrected chi connectivity index (χ0v) is 14.2. The number of halogens is 1. The summed E-state index contributed by atoms with van der Waals surface area (Å²) in [6.07, 6.45) is 5.72. The number of ketones is 1. The fourth-order valence-corrected chi connectivity index (χ4v) is 2.35. The number of carbonyl (C=O) groups excluding carboxylic acids is 2. The first-order valence-corrected chi connectivity index (χ1v) is 7.70. The van der Waals surface area contributed by atoms with Crippen molar-refractivity contribution >= 4 is 35.4 Å². The molecule has 2 rings (SSSR count). The largest absolute Gasteiger partial charge is 0.496 e. The summed E-state index contributed by atoms with van der Waals surface area (Å²) in [5.41, 5.74) is 3.31. The summed E-state index contributed by atoms with van der Waals surface area (Å²) in [5, 5.41) is 8.86. The molecule has 0 saturated heterocycles. The molecular formula is C19H16ClNO4. The molecule has 2 aromatic carbocycles. The van der Waals surface area contributed by atoms with Crippen LogP contribution in [0, 0.1) is 0 Å². The Bertz CT molecular complexity index is 843. The second-order valence-corrected chi connectivity index (χ2v) is 5.40. The highest BCUT2D eigenvalue weighted by Crippen LogP contribution is 2.22. The first kappa shape index (κ1) is 18.4. The molecule has 0 aromatic heterocycles. The Morgan fingerprint density at radius 2 is 1.88 bits per heavy atom. The van der Waals surface area contributed by atoms with E-state index in [1.807, 2.05) is 0 Å². The molecule has 0 saturated carbocycles. The van der Waals surface area contributed by atoms with Gasteiger partial charge in [0.1, 0.15) is 5.75 Å². The molecule has 6 heteroatoms. The molecule has 0 aliphatic heterocycles. The molecule has 0 spiro atoms. The van der Waals surface area contributed by atoms with E-state index in [1.165, 1.54) is 30.8 Å². The molecule has 0 atom stereocenters. The van der Waals surface area contributed by atoms with Crippen LogP contribution in [0.5, 0.6) is 5.75 Å². The Labute approximate surface area is 150 Å². The Hall–Kier alpha value is -2.89. The van der Waals surface area contributed by atoms with Gasteiger partial charge in [0.15, 0.2) is 5.78 Å². The van der Waals surface area contributed by atoms with Crippen molar-refractivity contribution in [3.05, 3.63) is 76.3 Å². The van der Waals surface area contributed by atoms with Gasteiger partial charge in [-0.15, -0.1) is 0 Å². The van der Waals surface area contributed by atoms with Crippen molar-refractivity contribution in [2.75, 3.05) is 7.11 Å². The van der Waals surface area contributed by atoms with Gasteiger partial charge < -0.3 is 4.74 Å². The highest BCUT2D eigenvalue weighted by atomic mass is 35.5. The molecule has 5 nitrogen and oxygen atoms in total. The number of amides is 1. The van der Waals surface area contributed by atoms with Crippen LogP contribution in [-0.2, 0) is 4.79 Å². The highest BCUT2D eigenvalue weighted by molar-refractivity contribution is 6.32. The smallest absolute Gasteiger partial charge is 0.267 e. The topological polar surface area (TPSA) is 75.6 Å². The molecule has 1 amide bonds. The Balaban J connectivity index is 2.17. The van der Waals surface area contributed by atoms with E-state index < -0.39 is 5.91 Å². The van der Waals surface area contributed by atoms with Gasteiger partial charge in [-0.1, -0.05) is 35.9 Å². The van der Waals surface area contributed by atoms with E-state index in [4.69, 9.17) is 21.5 Å². The first-order valence-electron chi connectivity index (χ1n) is 7.32. The zero-order chi connectivity index (χ0) is 18.2. The number of nitrogens with one attached hydrogen (secondary N) is 1. The highest BCUT2D eigenvalue weighted by Gasteiger charge is 2.08. The minimum absolute atomic E-state index is 0.197. The Morgan fingerprint density at radius 1 is 1.12 bits per heavy atom. The lowest BCUT2D eigenvalue weighted by Crippen LogP contribution is -2.14. The summed E-state index contributed by atoms with van der Waals surface area (Å²) in [5.74, 6) is -0.328. The molecule has 0 radical (unpaired) electrons. The number of hydroxylamine groups is 1. The summed E-state index contributed by atoms with van der Waals surface area (Å²) < 4.78 is 5.17. The number of rotatable bonds is 6. The van der Waals surface area contributed by atoms with Crippen LogP contribution < -0.4 is 10.2 Å². The summed E-state index contributed by atoms with van der Waals surface area (Å²) >= 11 is 6.20. The average molecular weight is 358 g/mol. The lowest BCUT2D eigenvalue weighted by atomic mass is 10.1. The van der Waals surface area contributed by atoms with Crippen molar-refractivity contribution in [3.8, 4) is 5.75 Å². The maximum Gasteiger partial charge on any atom is 0.267 e. The Morgan fingerprint density at radius 3 is 2.56 bits per heavy atom. The monoisotopic (exact) mass is 357 g/mol. The number of para-hydroxylation sites is 1. The summed E-state index contributed by atoms with van der Waals surface area (Å²) in [4.78, 5) is 23.3. The summed E-state index contributed by atoms with van der Waals surface area (Å²) in [6.45, 7) is 0. The lowest BCUT2D eigenvalue weighted by molar-refractivity contribution is -0.124. The van der Waals surface area contributed by atoms with Crippen molar-refractivity contribution in [3.63, 3.8) is 0 Å². The number of hydrogen-bond donors (Lipinski definition) is 2. The number of hydrogen-bond acceptors (Lipinski definition) is 4. The molecular weight excluding hydrogens is 342 g/mol. The van der Waals surface area contributed by atoms with Crippen LogP contribution in [0.4, 0.5) is 0 Å². The molecule has 2 aromatic rings. The van der Waals surface area contributed by atoms with Crippen molar-refractivity contribution in [2.24, 2.45) is 0 Å². The van der Waals surface area contributed by atoms with Crippen LogP contribution in [0.1, 0.15) is 21.5 Å². The molecule has 0 fully saturated rings. The molecule has 0 unspecified atom stereocenters. The van der Waals surface area contributed by atoms with Crippen molar-refractivity contribution in [1.29, 1.82) is 0 Å². The zero-order valence-electron chi connectivity index (χ0n) is 13.4. The normalized spacial score (nSPS) is 11.0. The third-order valence-electron chi connectivity index (χ3n) is 3.35. The van der Waals surface area contributed by atoms with Gasteiger partial charge in [0.25, 0.3) is 5.91 Å². The predicted octanol–water partition coefficient (Wildman–Crippen LogP) is 3.76. The van der Waals surface area contributed by atoms with Crippen LogP contribution in [0.15, 0.2) is 54.6 Å². The van der Waals surface area contributed by atoms with E-state index in [9.17, 15) is 9.59 Å². The molecule has 0 heterocycles. The van der Waals surface area contributed by atoms with E-state index >= 15 is 0 Å². The second-order valence-electron chi connectivity index (χ2n) is 4.99. The van der Waals surface area contributed by atoms with Crippen molar-refractivity contribution in [1.82, 2.24) is 5.48 Å². The number of allylic oxidation sites excluding steroid dienone is 1. The quantitative estimate of drug-likeness (QED) is 0.357. The van der Waals surface area contributed by atoms with Crippen LogP contribution in [0.25, 0.3) is 12.2 Å². The van der Waals surface area contributed by atoms with E-state index in [0.29, 0.717) is 27.5 Å². The van der Waals surface area contributed by atoms with E-state index in [0.717, 1.165) is 0 Å². The lowest BCUT2D eigenvalue weighted by Gasteiger charge is -2.04. The van der Waals surface area contributed by atoms with Crippen LogP contribution in [0.3, 0.4) is 0 Å². The summed E-state index contributed by atoms with van der Waals surface area (Å²) in [7, 11) is 1.51. The Kier molecular flexibility index (Phi) is 6.51. The molecule has 0 aliphatic rings. The minimum Gasteiger partial charge on any atom is -0.496 e. The average Bonchev–Trinajstić information content (AvgIpc) is 2.64. The third-order valence-corrected chi connectivity index (χ3v) is 3.68. The number of methoxy groups -OCH3 is 1. The third kappa shape index (κ3) is 5.04. The van der Waals surface area contributed by atoms with Crippen LogP contribution in [0.2, 0.25) is 5.02 Å². The molecule has 128 valence electrons. The van der Waals surface area contributed by atoms with Crippen molar-refractivity contribution in [2.45, 2.75) is 0 Å². The summed E-state index contributed by atoms with van der Waals surface area (Å²) in [6, 6.07) is 12.1. The molecule has 0 bridgehead atoms. The first-order chi connectivity index (χ1) is 12.0. The molecule has 2 N–H and O–H groups in total. The maximum absolute atomic E-state index is 12.3. The molecule has 25 heavy (non-hydrogen) atoms. The van der Waals surface area contributed by atoms with Crippen LogP contribution in [-0.4, -0.2) is 24.0 Å². The van der Waals surface area contributed by atoms with Gasteiger partial charge in [-0.05, 0) is 47.6 Å². The standard InChI is InChI=1S/C19H16ClNO4/c1-25-18-5-3-2-4-15(18)17(22)10-9-14-8-6-13(12-16(14)20)7-11-19(23)21-24/h2-12,24H,1H3,(H,21,23)/b10-9+,11-7+. The van der Waals surface area contributed by atoms with Gasteiger partial charge in [-0.25, -0.2) is 5.48 Å².